The van der Waals surface area contributed by atoms with Gasteiger partial charge in [-0.25, -0.2) is 9.78 Å². The molecular formula is C22H24N4O5S2. The first kappa shape index (κ1) is 24.5. The number of carbonyl (C=O) groups is 3. The topological polar surface area (TPSA) is 111 Å². The molecule has 3 rings (SSSR count). The molecule has 0 aliphatic rings. The molecular weight excluding hydrogens is 464 g/mol. The Morgan fingerprint density at radius 2 is 1.94 bits per heavy atom. The Balaban J connectivity index is 1.84. The van der Waals surface area contributed by atoms with Crippen LogP contribution in [-0.4, -0.2) is 58.7 Å². The zero-order valence-electron chi connectivity index (χ0n) is 18.9. The maximum Gasteiger partial charge on any atom is 0.341 e. The van der Waals surface area contributed by atoms with Crippen LogP contribution in [0.15, 0.2) is 34.2 Å². The van der Waals surface area contributed by atoms with E-state index in [-0.39, 0.29) is 34.4 Å². The highest BCUT2D eigenvalue weighted by Crippen LogP contribution is 2.34. The number of thioether (sulfide) groups is 1. The van der Waals surface area contributed by atoms with E-state index in [0.29, 0.717) is 26.5 Å². The molecule has 0 saturated heterocycles. The SMILES string of the molecule is CCOC(=O)c1c(NC(=O)CSc2nc3ccccc3c(=O)n2C)sc(C(=O)N(C)C)c1C. The van der Waals surface area contributed by atoms with Crippen LogP contribution in [0.3, 0.4) is 0 Å². The van der Waals surface area contributed by atoms with Gasteiger partial charge < -0.3 is 15.0 Å². The lowest BCUT2D eigenvalue weighted by atomic mass is 10.1. The smallest absolute Gasteiger partial charge is 0.341 e. The van der Waals surface area contributed by atoms with Gasteiger partial charge in [0.25, 0.3) is 11.5 Å². The van der Waals surface area contributed by atoms with Crippen LogP contribution in [0.1, 0.15) is 32.5 Å². The summed E-state index contributed by atoms with van der Waals surface area (Å²) in [6, 6.07) is 7.00. The second-order valence-electron chi connectivity index (χ2n) is 7.29. The number of hydrogen-bond acceptors (Lipinski definition) is 8. The fraction of sp³-hybridized carbons (Fsp3) is 0.318. The highest BCUT2D eigenvalue weighted by molar-refractivity contribution is 7.99. The normalized spacial score (nSPS) is 10.8. The molecule has 9 nitrogen and oxygen atoms in total. The molecule has 174 valence electrons. The molecule has 2 aromatic heterocycles. The molecule has 33 heavy (non-hydrogen) atoms. The third-order valence-electron chi connectivity index (χ3n) is 4.75. The summed E-state index contributed by atoms with van der Waals surface area (Å²) in [5.41, 5.74) is 0.975. The van der Waals surface area contributed by atoms with Gasteiger partial charge in [-0.2, -0.15) is 0 Å². The minimum absolute atomic E-state index is 0.0468. The fourth-order valence-corrected chi connectivity index (χ4v) is 5.08. The number of benzene rings is 1. The number of ether oxygens (including phenoxy) is 1. The molecule has 0 unspecified atom stereocenters. The highest BCUT2D eigenvalue weighted by Gasteiger charge is 2.27. The van der Waals surface area contributed by atoms with Crippen molar-refractivity contribution in [2.24, 2.45) is 7.05 Å². The zero-order chi connectivity index (χ0) is 24.3. The van der Waals surface area contributed by atoms with E-state index in [9.17, 15) is 19.2 Å². The number of para-hydroxylation sites is 1. The predicted molar refractivity (Wildman–Crippen MR) is 129 cm³/mol. The number of nitrogens with one attached hydrogen (secondary N) is 1. The van der Waals surface area contributed by atoms with Crippen molar-refractivity contribution in [3.05, 3.63) is 50.6 Å². The summed E-state index contributed by atoms with van der Waals surface area (Å²) in [7, 11) is 4.82. The zero-order valence-corrected chi connectivity index (χ0v) is 20.6. The van der Waals surface area contributed by atoms with Gasteiger partial charge in [0.15, 0.2) is 5.16 Å². The van der Waals surface area contributed by atoms with Crippen molar-refractivity contribution in [2.75, 3.05) is 31.8 Å². The summed E-state index contributed by atoms with van der Waals surface area (Å²) < 4.78 is 6.52. The fourth-order valence-electron chi connectivity index (χ4n) is 3.08. The number of rotatable bonds is 7. The number of fused-ring (bicyclic) bond motifs is 1. The van der Waals surface area contributed by atoms with Crippen LogP contribution in [0.4, 0.5) is 5.00 Å². The molecule has 3 aromatic rings. The van der Waals surface area contributed by atoms with Gasteiger partial charge in [0.2, 0.25) is 5.91 Å². The van der Waals surface area contributed by atoms with E-state index in [1.807, 2.05) is 0 Å². The lowest BCUT2D eigenvalue weighted by Gasteiger charge is -2.09. The average Bonchev–Trinajstić information content (AvgIpc) is 3.10. The molecule has 0 radical (unpaired) electrons. The Labute approximate surface area is 198 Å². The summed E-state index contributed by atoms with van der Waals surface area (Å²) in [6.07, 6.45) is 0. The maximum atomic E-state index is 12.7. The quantitative estimate of drug-likeness (QED) is 0.309. The van der Waals surface area contributed by atoms with E-state index in [0.717, 1.165) is 23.1 Å². The van der Waals surface area contributed by atoms with Crippen LogP contribution in [0.5, 0.6) is 0 Å². The number of aromatic nitrogens is 2. The van der Waals surface area contributed by atoms with Crippen molar-refractivity contribution in [2.45, 2.75) is 19.0 Å². The number of hydrogen-bond donors (Lipinski definition) is 1. The monoisotopic (exact) mass is 488 g/mol. The number of amides is 2. The highest BCUT2D eigenvalue weighted by atomic mass is 32.2. The van der Waals surface area contributed by atoms with Crippen LogP contribution in [0.2, 0.25) is 0 Å². The van der Waals surface area contributed by atoms with E-state index < -0.39 is 11.9 Å². The third-order valence-corrected chi connectivity index (χ3v) is 6.98. The average molecular weight is 489 g/mol. The van der Waals surface area contributed by atoms with Gasteiger partial charge in [-0.15, -0.1) is 11.3 Å². The molecule has 0 aliphatic carbocycles. The first-order chi connectivity index (χ1) is 15.6. The number of nitrogens with zero attached hydrogens (tertiary/aromatic N) is 3. The Bertz CT molecular complexity index is 1300. The van der Waals surface area contributed by atoms with Crippen LogP contribution >= 0.6 is 23.1 Å². The van der Waals surface area contributed by atoms with Crippen molar-refractivity contribution in [3.8, 4) is 0 Å². The minimum Gasteiger partial charge on any atom is -0.462 e. The van der Waals surface area contributed by atoms with Gasteiger partial charge in [-0.3, -0.25) is 19.0 Å². The van der Waals surface area contributed by atoms with Crippen molar-refractivity contribution in [3.63, 3.8) is 0 Å². The second-order valence-corrected chi connectivity index (χ2v) is 9.26. The molecule has 0 bridgehead atoms. The number of carbonyl (C=O) groups excluding carboxylic acids is 3. The molecule has 0 aliphatic heterocycles. The lowest BCUT2D eigenvalue weighted by molar-refractivity contribution is -0.113. The van der Waals surface area contributed by atoms with Gasteiger partial charge in [0.1, 0.15) is 5.00 Å². The summed E-state index contributed by atoms with van der Waals surface area (Å²) >= 11 is 2.13. The molecule has 0 saturated carbocycles. The summed E-state index contributed by atoms with van der Waals surface area (Å²) in [6.45, 7) is 3.50. The molecule has 11 heteroatoms. The largest absolute Gasteiger partial charge is 0.462 e. The maximum absolute atomic E-state index is 12.7. The van der Waals surface area contributed by atoms with Crippen LogP contribution in [-0.2, 0) is 16.6 Å². The van der Waals surface area contributed by atoms with E-state index in [1.165, 1.54) is 9.47 Å². The predicted octanol–water partition coefficient (Wildman–Crippen LogP) is 2.91. The van der Waals surface area contributed by atoms with E-state index >= 15 is 0 Å². The standard InChI is InChI=1S/C22H24N4O5S2/c1-6-31-21(30)16-12(2)17(20(29)25(3)4)33-18(16)24-15(27)11-32-22-23-14-10-8-7-9-13(14)19(28)26(22)5/h7-10H,6,11H2,1-5H3,(H,24,27). The minimum atomic E-state index is -0.606. The van der Waals surface area contributed by atoms with Crippen LogP contribution in [0.25, 0.3) is 10.9 Å². The number of thiophene rings is 1. The van der Waals surface area contributed by atoms with Gasteiger partial charge in [-0.1, -0.05) is 23.9 Å². The molecule has 1 N–H and O–H groups in total. The van der Waals surface area contributed by atoms with Crippen LogP contribution < -0.4 is 10.9 Å². The Kier molecular flexibility index (Phi) is 7.54. The van der Waals surface area contributed by atoms with E-state index in [1.54, 1.807) is 59.3 Å². The summed E-state index contributed by atoms with van der Waals surface area (Å²) in [4.78, 5) is 56.5. The van der Waals surface area contributed by atoms with Gasteiger partial charge in [0.05, 0.1) is 33.7 Å². The van der Waals surface area contributed by atoms with Crippen molar-refractivity contribution in [1.82, 2.24) is 14.5 Å². The van der Waals surface area contributed by atoms with Crippen molar-refractivity contribution in [1.29, 1.82) is 0 Å². The Morgan fingerprint density at radius 3 is 2.61 bits per heavy atom. The summed E-state index contributed by atoms with van der Waals surface area (Å²) in [5.74, 6) is -1.33. The molecule has 2 heterocycles. The Hall–Kier alpha value is -3.18. The second kappa shape index (κ2) is 10.2. The molecule has 2 amide bonds. The Morgan fingerprint density at radius 1 is 1.24 bits per heavy atom. The van der Waals surface area contributed by atoms with Crippen molar-refractivity contribution < 1.29 is 19.1 Å². The first-order valence-electron chi connectivity index (χ1n) is 10.1. The lowest BCUT2D eigenvalue weighted by Crippen LogP contribution is -2.21. The molecule has 0 atom stereocenters. The number of esters is 1. The molecule has 0 fully saturated rings. The molecule has 0 spiro atoms. The first-order valence-corrected chi connectivity index (χ1v) is 11.9. The van der Waals surface area contributed by atoms with Crippen LogP contribution in [0, 0.1) is 6.92 Å². The third kappa shape index (κ3) is 5.09. The van der Waals surface area contributed by atoms with Crippen molar-refractivity contribution >= 4 is 56.8 Å². The van der Waals surface area contributed by atoms with Gasteiger partial charge in [-0.05, 0) is 31.5 Å². The number of anilines is 1. The van der Waals surface area contributed by atoms with Gasteiger partial charge in [0, 0.05) is 21.1 Å². The van der Waals surface area contributed by atoms with E-state index in [4.69, 9.17) is 4.74 Å². The van der Waals surface area contributed by atoms with Gasteiger partial charge >= 0.3 is 5.97 Å². The van der Waals surface area contributed by atoms with E-state index in [2.05, 4.69) is 10.3 Å². The molecule has 1 aromatic carbocycles. The summed E-state index contributed by atoms with van der Waals surface area (Å²) in [5, 5.41) is 3.86.